The smallest absolute Gasteiger partial charge is 0.309 e. The number of rotatable bonds is 5. The van der Waals surface area contributed by atoms with Gasteiger partial charge in [0.05, 0.1) is 5.41 Å². The van der Waals surface area contributed by atoms with E-state index < -0.39 is 17.2 Å². The quantitative estimate of drug-likeness (QED) is 0.871. The minimum absolute atomic E-state index is 0.130. The lowest BCUT2D eigenvalue weighted by molar-refractivity contribution is -0.149. The molecule has 2 N–H and O–H groups in total. The second-order valence-electron chi connectivity index (χ2n) is 4.88. The van der Waals surface area contributed by atoms with Gasteiger partial charge in [-0.25, -0.2) is 4.39 Å². The Morgan fingerprint density at radius 1 is 1.42 bits per heavy atom. The maximum Gasteiger partial charge on any atom is 0.309 e. The highest BCUT2D eigenvalue weighted by molar-refractivity contribution is 9.10. The van der Waals surface area contributed by atoms with Crippen molar-refractivity contribution in [2.45, 2.75) is 26.8 Å². The Bertz CT molecular complexity index is 503. The van der Waals surface area contributed by atoms with E-state index in [0.717, 1.165) is 0 Å². The largest absolute Gasteiger partial charge is 0.481 e. The van der Waals surface area contributed by atoms with Crippen LogP contribution in [0.2, 0.25) is 0 Å². The van der Waals surface area contributed by atoms with Crippen molar-refractivity contribution in [3.63, 3.8) is 0 Å². The molecule has 104 valence electrons. The number of hydrogen-bond donors (Lipinski definition) is 2. The summed E-state index contributed by atoms with van der Waals surface area (Å²) in [5.74, 6) is -1.81. The number of carbonyl (C=O) groups excluding carboxylic acids is 1. The molecule has 0 aliphatic carbocycles. The molecule has 6 heteroatoms. The molecule has 0 aliphatic rings. The molecule has 1 rings (SSSR count). The van der Waals surface area contributed by atoms with E-state index in [4.69, 9.17) is 5.11 Å². The molecule has 0 fully saturated rings. The highest BCUT2D eigenvalue weighted by atomic mass is 79.9. The maximum absolute atomic E-state index is 13.0. The van der Waals surface area contributed by atoms with Gasteiger partial charge in [0.1, 0.15) is 5.82 Å². The molecule has 0 aromatic heterocycles. The molecule has 1 amide bonds. The third kappa shape index (κ3) is 4.63. The van der Waals surface area contributed by atoms with Crippen LogP contribution in [0.15, 0.2) is 22.7 Å². The van der Waals surface area contributed by atoms with E-state index in [1.165, 1.54) is 26.0 Å². The Kier molecular flexibility index (Phi) is 5.05. The van der Waals surface area contributed by atoms with Gasteiger partial charge in [0.25, 0.3) is 0 Å². The molecule has 0 unspecified atom stereocenters. The summed E-state index contributed by atoms with van der Waals surface area (Å²) in [5, 5.41) is 11.5. The third-order valence-corrected chi connectivity index (χ3v) is 3.44. The van der Waals surface area contributed by atoms with E-state index in [0.29, 0.717) is 10.0 Å². The van der Waals surface area contributed by atoms with Gasteiger partial charge in [0.15, 0.2) is 0 Å². The fourth-order valence-corrected chi connectivity index (χ4v) is 1.80. The van der Waals surface area contributed by atoms with E-state index in [1.54, 1.807) is 6.07 Å². The van der Waals surface area contributed by atoms with E-state index >= 15 is 0 Å². The second-order valence-corrected chi connectivity index (χ2v) is 5.73. The molecule has 0 spiro atoms. The first-order valence-electron chi connectivity index (χ1n) is 5.66. The average Bonchev–Trinajstić information content (AvgIpc) is 2.29. The average molecular weight is 332 g/mol. The van der Waals surface area contributed by atoms with Crippen LogP contribution in [-0.4, -0.2) is 17.0 Å². The Labute approximate surface area is 119 Å². The van der Waals surface area contributed by atoms with E-state index in [1.807, 2.05) is 0 Å². The van der Waals surface area contributed by atoms with Crippen LogP contribution in [0.1, 0.15) is 25.8 Å². The highest BCUT2D eigenvalue weighted by Crippen LogP contribution is 2.21. The zero-order valence-corrected chi connectivity index (χ0v) is 12.3. The van der Waals surface area contributed by atoms with Crippen molar-refractivity contribution in [3.05, 3.63) is 34.1 Å². The first-order chi connectivity index (χ1) is 8.72. The summed E-state index contributed by atoms with van der Waals surface area (Å²) in [6, 6.07) is 4.17. The standard InChI is InChI=1S/C13H15BrFNO3/c1-13(2,12(18)19)6-11(17)16-7-8-5-9(15)3-4-10(8)14/h3-5H,6-7H2,1-2H3,(H,16,17)(H,18,19). The molecule has 0 saturated carbocycles. The van der Waals surface area contributed by atoms with Gasteiger partial charge in [-0.3, -0.25) is 9.59 Å². The summed E-state index contributed by atoms with van der Waals surface area (Å²) in [5.41, 5.74) is -0.523. The van der Waals surface area contributed by atoms with Crippen LogP contribution < -0.4 is 5.32 Å². The van der Waals surface area contributed by atoms with Gasteiger partial charge >= 0.3 is 5.97 Å². The van der Waals surface area contributed by atoms with Crippen molar-refractivity contribution < 1.29 is 19.1 Å². The Balaban J connectivity index is 2.60. The zero-order chi connectivity index (χ0) is 14.6. The summed E-state index contributed by atoms with van der Waals surface area (Å²) in [6.07, 6.45) is -0.130. The fourth-order valence-electron chi connectivity index (χ4n) is 1.41. The number of amides is 1. The van der Waals surface area contributed by atoms with Gasteiger partial charge in [-0.05, 0) is 37.6 Å². The molecule has 0 heterocycles. The lowest BCUT2D eigenvalue weighted by atomic mass is 9.89. The minimum Gasteiger partial charge on any atom is -0.481 e. The van der Waals surface area contributed by atoms with Gasteiger partial charge in [-0.15, -0.1) is 0 Å². The summed E-state index contributed by atoms with van der Waals surface area (Å²) < 4.78 is 13.7. The van der Waals surface area contributed by atoms with Crippen molar-refractivity contribution in [3.8, 4) is 0 Å². The van der Waals surface area contributed by atoms with E-state index in [-0.39, 0.29) is 18.9 Å². The van der Waals surface area contributed by atoms with Gasteiger partial charge in [-0.1, -0.05) is 15.9 Å². The summed E-state index contributed by atoms with van der Waals surface area (Å²) in [4.78, 5) is 22.5. The Hall–Kier alpha value is -1.43. The number of benzene rings is 1. The number of hydrogen-bond acceptors (Lipinski definition) is 2. The molecule has 0 atom stereocenters. The predicted octanol–water partition coefficient (Wildman–Crippen LogP) is 2.71. The number of nitrogens with one attached hydrogen (secondary N) is 1. The van der Waals surface area contributed by atoms with Crippen LogP contribution in [0, 0.1) is 11.2 Å². The van der Waals surface area contributed by atoms with Gasteiger partial charge < -0.3 is 10.4 Å². The first kappa shape index (κ1) is 15.6. The van der Waals surface area contributed by atoms with Crippen LogP contribution in [0.5, 0.6) is 0 Å². The summed E-state index contributed by atoms with van der Waals surface area (Å²) >= 11 is 3.25. The normalized spacial score (nSPS) is 11.2. The minimum atomic E-state index is -1.12. The van der Waals surface area contributed by atoms with Crippen molar-refractivity contribution in [1.29, 1.82) is 0 Å². The monoisotopic (exact) mass is 331 g/mol. The van der Waals surface area contributed by atoms with Crippen LogP contribution >= 0.6 is 15.9 Å². The van der Waals surface area contributed by atoms with Crippen LogP contribution in [0.4, 0.5) is 4.39 Å². The van der Waals surface area contributed by atoms with Gasteiger partial charge in [0.2, 0.25) is 5.91 Å². The Morgan fingerprint density at radius 2 is 2.05 bits per heavy atom. The summed E-state index contributed by atoms with van der Waals surface area (Å²) in [6.45, 7) is 3.10. The second kappa shape index (κ2) is 6.14. The first-order valence-corrected chi connectivity index (χ1v) is 6.46. The van der Waals surface area contributed by atoms with Crippen molar-refractivity contribution in [1.82, 2.24) is 5.32 Å². The molecule has 0 bridgehead atoms. The zero-order valence-electron chi connectivity index (χ0n) is 10.7. The van der Waals surface area contributed by atoms with Gasteiger partial charge in [0, 0.05) is 17.4 Å². The van der Waals surface area contributed by atoms with E-state index in [9.17, 15) is 14.0 Å². The maximum atomic E-state index is 13.0. The molecule has 1 aromatic rings. The lowest BCUT2D eigenvalue weighted by Crippen LogP contribution is -2.33. The summed E-state index contributed by atoms with van der Waals surface area (Å²) in [7, 11) is 0. The van der Waals surface area contributed by atoms with Crippen molar-refractivity contribution in [2.24, 2.45) is 5.41 Å². The van der Waals surface area contributed by atoms with Crippen LogP contribution in [0.3, 0.4) is 0 Å². The molecular weight excluding hydrogens is 317 g/mol. The third-order valence-electron chi connectivity index (χ3n) is 2.67. The van der Waals surface area contributed by atoms with Crippen molar-refractivity contribution >= 4 is 27.8 Å². The molecular formula is C13H15BrFNO3. The molecule has 4 nitrogen and oxygen atoms in total. The molecule has 0 radical (unpaired) electrons. The predicted molar refractivity (Wildman–Crippen MR) is 72.0 cm³/mol. The van der Waals surface area contributed by atoms with Crippen LogP contribution in [-0.2, 0) is 16.1 Å². The lowest BCUT2D eigenvalue weighted by Gasteiger charge is -2.18. The Morgan fingerprint density at radius 3 is 2.63 bits per heavy atom. The molecule has 0 aliphatic heterocycles. The molecule has 1 aromatic carbocycles. The fraction of sp³-hybridized carbons (Fsp3) is 0.385. The van der Waals surface area contributed by atoms with E-state index in [2.05, 4.69) is 21.2 Å². The number of carboxylic acids is 1. The topological polar surface area (TPSA) is 66.4 Å². The molecule has 19 heavy (non-hydrogen) atoms. The molecule has 0 saturated heterocycles. The number of carboxylic acid groups (broad SMARTS) is 1. The highest BCUT2D eigenvalue weighted by Gasteiger charge is 2.29. The van der Waals surface area contributed by atoms with Crippen LogP contribution in [0.25, 0.3) is 0 Å². The number of aliphatic carboxylic acids is 1. The van der Waals surface area contributed by atoms with Crippen molar-refractivity contribution in [2.75, 3.05) is 0 Å². The number of carbonyl (C=O) groups is 2. The van der Waals surface area contributed by atoms with Gasteiger partial charge in [-0.2, -0.15) is 0 Å². The SMILES string of the molecule is CC(C)(CC(=O)NCc1cc(F)ccc1Br)C(=O)O. The number of halogens is 2.